The van der Waals surface area contributed by atoms with Crippen LogP contribution in [0.2, 0.25) is 5.02 Å². The Kier molecular flexibility index (Phi) is 3.94. The lowest BCUT2D eigenvalue weighted by Gasteiger charge is -2.29. The number of rotatable bonds is 2. The minimum absolute atomic E-state index is 0.576. The van der Waals surface area contributed by atoms with Gasteiger partial charge in [0.05, 0.1) is 0 Å². The Morgan fingerprint density at radius 2 is 2.00 bits per heavy atom. The second-order valence-electron chi connectivity index (χ2n) is 5.76. The van der Waals surface area contributed by atoms with Gasteiger partial charge < -0.3 is 9.47 Å². The van der Waals surface area contributed by atoms with Gasteiger partial charge in [0.1, 0.15) is 12.5 Å². The summed E-state index contributed by atoms with van der Waals surface area (Å²) in [5, 5.41) is 0.729. The van der Waals surface area contributed by atoms with Crippen molar-refractivity contribution in [1.82, 2.24) is 4.57 Å². The topological polar surface area (TPSA) is 20.5 Å². The smallest absolute Gasteiger partial charge is 0.128 e. The average Bonchev–Trinajstić information content (AvgIpc) is 3.01. The third-order valence-corrected chi connectivity index (χ3v) is 4.88. The van der Waals surface area contributed by atoms with Crippen LogP contribution in [0.25, 0.3) is 5.69 Å². The lowest BCUT2D eigenvalue weighted by molar-refractivity contribution is 0.907. The van der Waals surface area contributed by atoms with Gasteiger partial charge >= 0.3 is 0 Å². The Labute approximate surface area is 154 Å². The van der Waals surface area contributed by atoms with Crippen LogP contribution in [0, 0.1) is 6.92 Å². The highest BCUT2D eigenvalue weighted by molar-refractivity contribution is 9.10. The molecule has 1 aliphatic rings. The average molecular weight is 401 g/mol. The van der Waals surface area contributed by atoms with Crippen LogP contribution in [0.4, 0.5) is 11.5 Å². The highest BCUT2D eigenvalue weighted by Gasteiger charge is 2.22. The Balaban J connectivity index is 1.90. The fraction of sp³-hybridized carbons (Fsp3) is 0.105. The standard InChI is InChI=1S/C19H15BrClN3/c1-13-5-6-16(21)10-18(13)24-12-22-11-14-7-8-23(19(14)24)17-4-2-3-15(20)9-17/h2-11H,12H2,1H3. The van der Waals surface area contributed by atoms with Crippen LogP contribution < -0.4 is 4.90 Å². The molecule has 24 heavy (non-hydrogen) atoms. The van der Waals surface area contributed by atoms with E-state index in [4.69, 9.17) is 11.6 Å². The lowest BCUT2D eigenvalue weighted by atomic mass is 10.1. The third-order valence-electron chi connectivity index (χ3n) is 4.15. The summed E-state index contributed by atoms with van der Waals surface area (Å²) in [4.78, 5) is 6.71. The summed E-state index contributed by atoms with van der Waals surface area (Å²) in [7, 11) is 0. The molecule has 0 radical (unpaired) electrons. The summed E-state index contributed by atoms with van der Waals surface area (Å²) in [5.74, 6) is 1.11. The van der Waals surface area contributed by atoms with Crippen LogP contribution in [0.3, 0.4) is 0 Å². The first-order chi connectivity index (χ1) is 11.6. The molecular weight excluding hydrogens is 386 g/mol. The second kappa shape index (κ2) is 6.11. The van der Waals surface area contributed by atoms with E-state index >= 15 is 0 Å². The van der Waals surface area contributed by atoms with E-state index in [0.29, 0.717) is 6.67 Å². The molecule has 0 aliphatic carbocycles. The van der Waals surface area contributed by atoms with Crippen molar-refractivity contribution in [3.8, 4) is 5.69 Å². The minimum Gasteiger partial charge on any atom is -0.307 e. The third kappa shape index (κ3) is 2.66. The molecule has 0 bridgehead atoms. The molecule has 0 saturated heterocycles. The number of fused-ring (bicyclic) bond motifs is 1. The van der Waals surface area contributed by atoms with Crippen molar-refractivity contribution in [3.63, 3.8) is 0 Å². The SMILES string of the molecule is Cc1ccc(Cl)cc1N1CN=Cc2ccn(-c3cccc(Br)c3)c21. The van der Waals surface area contributed by atoms with Crippen LogP contribution in [-0.2, 0) is 0 Å². The Bertz CT molecular complexity index is 946. The highest BCUT2D eigenvalue weighted by Crippen LogP contribution is 2.36. The molecule has 1 aromatic heterocycles. The molecule has 3 nitrogen and oxygen atoms in total. The number of hydrogen-bond acceptors (Lipinski definition) is 2. The van der Waals surface area contributed by atoms with Gasteiger partial charge in [-0.05, 0) is 48.9 Å². The van der Waals surface area contributed by atoms with Crippen molar-refractivity contribution in [2.24, 2.45) is 4.99 Å². The molecule has 0 spiro atoms. The van der Waals surface area contributed by atoms with E-state index in [2.05, 4.69) is 61.7 Å². The molecule has 2 heterocycles. The molecule has 5 heteroatoms. The van der Waals surface area contributed by atoms with Crippen LogP contribution >= 0.6 is 27.5 Å². The number of halogens is 2. The summed E-state index contributed by atoms with van der Waals surface area (Å²) in [6.45, 7) is 2.67. The molecule has 120 valence electrons. The maximum absolute atomic E-state index is 6.24. The van der Waals surface area contributed by atoms with Gasteiger partial charge in [0, 0.05) is 38.8 Å². The lowest BCUT2D eigenvalue weighted by Crippen LogP contribution is -2.24. The van der Waals surface area contributed by atoms with Crippen LogP contribution in [0.15, 0.2) is 64.2 Å². The van der Waals surface area contributed by atoms with E-state index in [1.165, 1.54) is 5.56 Å². The monoisotopic (exact) mass is 399 g/mol. The highest BCUT2D eigenvalue weighted by atomic mass is 79.9. The van der Waals surface area contributed by atoms with Crippen LogP contribution in [0.1, 0.15) is 11.1 Å². The molecular formula is C19H15BrClN3. The second-order valence-corrected chi connectivity index (χ2v) is 7.11. The van der Waals surface area contributed by atoms with Crippen molar-refractivity contribution >= 4 is 45.3 Å². The first-order valence-electron chi connectivity index (χ1n) is 7.64. The predicted octanol–water partition coefficient (Wildman–Crippen LogP) is 5.73. The van der Waals surface area contributed by atoms with Crippen molar-refractivity contribution in [2.45, 2.75) is 6.92 Å². The Hall–Kier alpha value is -2.04. The molecule has 0 atom stereocenters. The Morgan fingerprint density at radius 3 is 2.83 bits per heavy atom. The molecule has 0 N–H and O–H groups in total. The molecule has 3 aromatic rings. The molecule has 0 amide bonds. The van der Waals surface area contributed by atoms with E-state index in [9.17, 15) is 0 Å². The number of aryl methyl sites for hydroxylation is 1. The Morgan fingerprint density at radius 1 is 1.12 bits per heavy atom. The molecule has 0 unspecified atom stereocenters. The number of nitrogens with zero attached hydrogens (tertiary/aromatic N) is 3. The molecule has 0 fully saturated rings. The van der Waals surface area contributed by atoms with Gasteiger partial charge in [-0.2, -0.15) is 0 Å². The summed E-state index contributed by atoms with van der Waals surface area (Å²) in [5.41, 5.74) is 4.45. The fourth-order valence-electron chi connectivity index (χ4n) is 3.01. The van der Waals surface area contributed by atoms with E-state index in [1.807, 2.05) is 36.5 Å². The van der Waals surface area contributed by atoms with Crippen LogP contribution in [-0.4, -0.2) is 17.5 Å². The van der Waals surface area contributed by atoms with E-state index in [0.717, 1.165) is 32.3 Å². The normalized spacial score (nSPS) is 13.2. The minimum atomic E-state index is 0.576. The zero-order valence-corrected chi connectivity index (χ0v) is 15.4. The van der Waals surface area contributed by atoms with Crippen molar-refractivity contribution in [1.29, 1.82) is 0 Å². The van der Waals surface area contributed by atoms with E-state index in [-0.39, 0.29) is 0 Å². The van der Waals surface area contributed by atoms with Crippen molar-refractivity contribution < 1.29 is 0 Å². The quantitative estimate of drug-likeness (QED) is 0.538. The van der Waals surface area contributed by atoms with E-state index in [1.54, 1.807) is 0 Å². The largest absolute Gasteiger partial charge is 0.307 e. The number of aliphatic imine (C=N–C) groups is 1. The molecule has 4 rings (SSSR count). The van der Waals surface area contributed by atoms with Gasteiger partial charge in [0.15, 0.2) is 0 Å². The summed E-state index contributed by atoms with van der Waals surface area (Å²) >= 11 is 9.79. The van der Waals surface area contributed by atoms with Crippen molar-refractivity contribution in [3.05, 3.63) is 75.4 Å². The maximum atomic E-state index is 6.24. The zero-order valence-electron chi connectivity index (χ0n) is 13.1. The number of hydrogen-bond donors (Lipinski definition) is 0. The number of anilines is 2. The first kappa shape index (κ1) is 15.5. The van der Waals surface area contributed by atoms with Gasteiger partial charge in [-0.3, -0.25) is 4.99 Å². The number of aromatic nitrogens is 1. The predicted molar refractivity (Wildman–Crippen MR) is 104 cm³/mol. The van der Waals surface area contributed by atoms with E-state index < -0.39 is 0 Å². The summed E-state index contributed by atoms with van der Waals surface area (Å²) in [6.07, 6.45) is 4.01. The van der Waals surface area contributed by atoms with Gasteiger partial charge in [-0.15, -0.1) is 0 Å². The fourth-order valence-corrected chi connectivity index (χ4v) is 3.56. The number of benzene rings is 2. The zero-order chi connectivity index (χ0) is 16.7. The van der Waals surface area contributed by atoms with Crippen molar-refractivity contribution in [2.75, 3.05) is 11.6 Å². The first-order valence-corrected chi connectivity index (χ1v) is 8.81. The summed E-state index contributed by atoms with van der Waals surface area (Å²) < 4.78 is 3.24. The van der Waals surface area contributed by atoms with Gasteiger partial charge in [0.2, 0.25) is 0 Å². The molecule has 1 aliphatic heterocycles. The molecule has 2 aromatic carbocycles. The van der Waals surface area contributed by atoms with Gasteiger partial charge in [-0.25, -0.2) is 0 Å². The molecule has 0 saturated carbocycles. The van der Waals surface area contributed by atoms with Gasteiger partial charge in [0.25, 0.3) is 0 Å². The summed E-state index contributed by atoms with van der Waals surface area (Å²) in [6, 6.07) is 16.3. The van der Waals surface area contributed by atoms with Crippen LogP contribution in [0.5, 0.6) is 0 Å². The maximum Gasteiger partial charge on any atom is 0.128 e. The van der Waals surface area contributed by atoms with Gasteiger partial charge in [-0.1, -0.05) is 39.7 Å².